The van der Waals surface area contributed by atoms with Gasteiger partial charge < -0.3 is 30.5 Å². The standard InChI is InChI=1S/C18H19NOS.C14H10O2.C4H6O6/c1-19-12-11-17(18-10-5-13-21-18)20-16-9-4-7-14-6-2-3-8-15(14)16;15-13(11-7-3-1-4-8-11)14(16)12-9-5-2-6-10-12;5-1(3(7)8)2(6)4(9)10/h2-10,13,17,19H,11-12H2,1H3;1-10H;1-2,5-6H,(H,7,8)(H,9,10)/t17-;;/m0../s1. The summed E-state index contributed by atoms with van der Waals surface area (Å²) in [5, 5.41) is 40.2. The van der Waals surface area contributed by atoms with Gasteiger partial charge in [0.1, 0.15) is 11.9 Å². The highest BCUT2D eigenvalue weighted by molar-refractivity contribution is 7.10. The summed E-state index contributed by atoms with van der Waals surface area (Å²) in [5.41, 5.74) is 0.854. The van der Waals surface area contributed by atoms with Crippen LogP contribution in [0.25, 0.3) is 10.8 Å². The second-order valence-corrected chi connectivity index (χ2v) is 10.9. The topological polar surface area (TPSA) is 170 Å². The van der Waals surface area contributed by atoms with Gasteiger partial charge in [-0.15, -0.1) is 11.3 Å². The Hall–Kier alpha value is -5.20. The molecule has 3 atom stereocenters. The number of carboxylic acids is 2. The summed E-state index contributed by atoms with van der Waals surface area (Å²) in [6.45, 7) is 0.938. The lowest BCUT2D eigenvalue weighted by Gasteiger charge is -2.19. The van der Waals surface area contributed by atoms with Crippen LogP contribution in [0.3, 0.4) is 0 Å². The molecule has 0 saturated carbocycles. The van der Waals surface area contributed by atoms with Crippen molar-refractivity contribution in [2.45, 2.75) is 24.7 Å². The third-order valence-electron chi connectivity index (χ3n) is 6.62. The fraction of sp³-hybridized carbons (Fsp3) is 0.167. The molecule has 0 aliphatic heterocycles. The predicted molar refractivity (Wildman–Crippen MR) is 179 cm³/mol. The summed E-state index contributed by atoms with van der Waals surface area (Å²) in [5.74, 6) is -3.51. The number of nitrogens with one attached hydrogen (secondary N) is 1. The van der Waals surface area contributed by atoms with Crippen LogP contribution in [0.2, 0.25) is 0 Å². The van der Waals surface area contributed by atoms with Gasteiger partial charge in [-0.3, -0.25) is 9.59 Å². The van der Waals surface area contributed by atoms with Crippen molar-refractivity contribution in [3.05, 3.63) is 137 Å². The number of ether oxygens (including phenoxy) is 1. The fourth-order valence-corrected chi connectivity index (χ4v) is 4.96. The minimum absolute atomic E-state index is 0.100. The van der Waals surface area contributed by atoms with Gasteiger partial charge in [0.25, 0.3) is 0 Å². The maximum atomic E-state index is 11.8. The number of rotatable bonds is 12. The predicted octanol–water partition coefficient (Wildman–Crippen LogP) is 5.26. The zero-order valence-corrected chi connectivity index (χ0v) is 26.2. The van der Waals surface area contributed by atoms with Crippen LogP contribution in [0.5, 0.6) is 5.75 Å². The maximum Gasteiger partial charge on any atom is 0.335 e. The average molecular weight is 658 g/mol. The number of carbonyl (C=O) groups excluding carboxylic acids is 2. The number of hydrogen-bond donors (Lipinski definition) is 5. The molecule has 0 radical (unpaired) electrons. The summed E-state index contributed by atoms with van der Waals surface area (Å²) in [7, 11) is 1.98. The number of ketones is 2. The van der Waals surface area contributed by atoms with Gasteiger partial charge in [-0.1, -0.05) is 103 Å². The zero-order chi connectivity index (χ0) is 34.2. The van der Waals surface area contributed by atoms with Gasteiger partial charge in [-0.05, 0) is 36.5 Å². The molecule has 4 aromatic carbocycles. The van der Waals surface area contributed by atoms with Gasteiger partial charge in [-0.25, -0.2) is 9.59 Å². The highest BCUT2D eigenvalue weighted by Crippen LogP contribution is 2.32. The number of benzene rings is 4. The molecule has 5 N–H and O–H groups in total. The van der Waals surface area contributed by atoms with Crippen LogP contribution in [0.4, 0.5) is 0 Å². The molecule has 0 bridgehead atoms. The molecule has 11 heteroatoms. The Balaban J connectivity index is 0.000000205. The lowest BCUT2D eigenvalue weighted by atomic mass is 10.0. The Kier molecular flexibility index (Phi) is 14.4. The van der Waals surface area contributed by atoms with Gasteiger partial charge in [0.2, 0.25) is 11.6 Å². The minimum atomic E-state index is -2.27. The Morgan fingerprint density at radius 2 is 1.19 bits per heavy atom. The summed E-state index contributed by atoms with van der Waals surface area (Å²) >= 11 is 1.75. The third kappa shape index (κ3) is 11.0. The van der Waals surface area contributed by atoms with Crippen molar-refractivity contribution in [2.75, 3.05) is 13.6 Å². The van der Waals surface area contributed by atoms with E-state index in [1.807, 2.05) is 19.2 Å². The lowest BCUT2D eigenvalue weighted by molar-refractivity contribution is -0.165. The van der Waals surface area contributed by atoms with E-state index in [2.05, 4.69) is 65.3 Å². The zero-order valence-electron chi connectivity index (χ0n) is 25.4. The van der Waals surface area contributed by atoms with E-state index in [4.69, 9.17) is 25.2 Å². The second-order valence-electron chi connectivity index (χ2n) is 9.95. The van der Waals surface area contributed by atoms with Crippen molar-refractivity contribution in [1.82, 2.24) is 5.32 Å². The van der Waals surface area contributed by atoms with E-state index in [0.29, 0.717) is 11.1 Å². The fourth-order valence-electron chi connectivity index (χ4n) is 4.17. The summed E-state index contributed by atoms with van der Waals surface area (Å²) in [4.78, 5) is 44.4. The number of aliphatic hydroxyl groups is 2. The van der Waals surface area contributed by atoms with Crippen molar-refractivity contribution < 1.29 is 44.3 Å². The molecular weight excluding hydrogens is 622 g/mol. The van der Waals surface area contributed by atoms with Gasteiger partial charge in [0.05, 0.1) is 0 Å². The van der Waals surface area contributed by atoms with E-state index < -0.39 is 35.7 Å². The highest BCUT2D eigenvalue weighted by Gasteiger charge is 2.29. The molecule has 0 aliphatic carbocycles. The van der Waals surface area contributed by atoms with Crippen LogP contribution in [0, 0.1) is 0 Å². The Labute approximate surface area is 275 Å². The van der Waals surface area contributed by atoms with Crippen LogP contribution in [-0.4, -0.2) is 69.7 Å². The van der Waals surface area contributed by atoms with Crippen LogP contribution in [-0.2, 0) is 9.59 Å². The number of aliphatic carboxylic acids is 2. The van der Waals surface area contributed by atoms with Crippen molar-refractivity contribution in [3.63, 3.8) is 0 Å². The van der Waals surface area contributed by atoms with Crippen molar-refractivity contribution in [2.24, 2.45) is 0 Å². The first-order valence-electron chi connectivity index (χ1n) is 14.5. The molecular formula is C36H35NO9S. The molecule has 244 valence electrons. The van der Waals surface area contributed by atoms with E-state index in [1.165, 1.54) is 15.6 Å². The highest BCUT2D eigenvalue weighted by atomic mass is 32.1. The van der Waals surface area contributed by atoms with E-state index in [-0.39, 0.29) is 6.10 Å². The summed E-state index contributed by atoms with van der Waals surface area (Å²) in [6, 6.07) is 36.0. The van der Waals surface area contributed by atoms with Crippen molar-refractivity contribution in [3.8, 4) is 5.75 Å². The number of Topliss-reactive ketones (excluding diaryl/α,β-unsaturated/α-hetero) is 2. The number of aliphatic hydroxyl groups excluding tert-OH is 2. The van der Waals surface area contributed by atoms with Gasteiger partial charge >= 0.3 is 11.9 Å². The SMILES string of the molecule is CNCC[C@H](Oc1cccc2ccccc12)c1cccs1.O=C(C(=O)c1ccccc1)c1ccccc1.O=C(O)C(O)C(O)C(=O)O. The molecule has 0 spiro atoms. The quantitative estimate of drug-likeness (QED) is 0.0881. The number of hydrogen-bond acceptors (Lipinski definition) is 9. The smallest absolute Gasteiger partial charge is 0.335 e. The van der Waals surface area contributed by atoms with Crippen molar-refractivity contribution >= 4 is 45.6 Å². The van der Waals surface area contributed by atoms with Crippen LogP contribution in [0.1, 0.15) is 38.1 Å². The third-order valence-corrected chi connectivity index (χ3v) is 7.58. The number of carboxylic acid groups (broad SMARTS) is 2. The largest absolute Gasteiger partial charge is 0.484 e. The second kappa shape index (κ2) is 18.7. The van der Waals surface area contributed by atoms with Crippen LogP contribution >= 0.6 is 11.3 Å². The molecule has 0 aliphatic rings. The number of thiophene rings is 1. The minimum Gasteiger partial charge on any atom is -0.484 e. The molecule has 0 amide bonds. The Morgan fingerprint density at radius 1 is 0.681 bits per heavy atom. The monoisotopic (exact) mass is 657 g/mol. The lowest BCUT2D eigenvalue weighted by Crippen LogP contribution is -2.39. The van der Waals surface area contributed by atoms with E-state index in [0.717, 1.165) is 18.7 Å². The average Bonchev–Trinajstić information content (AvgIpc) is 3.65. The molecule has 10 nitrogen and oxygen atoms in total. The number of carbonyl (C=O) groups is 4. The molecule has 47 heavy (non-hydrogen) atoms. The number of fused-ring (bicyclic) bond motifs is 1. The van der Waals surface area contributed by atoms with E-state index >= 15 is 0 Å². The Bertz CT molecular complexity index is 1660. The first-order valence-corrected chi connectivity index (χ1v) is 15.3. The molecule has 0 fully saturated rings. The van der Waals surface area contributed by atoms with Gasteiger partial charge in [0.15, 0.2) is 12.2 Å². The van der Waals surface area contributed by atoms with Crippen molar-refractivity contribution in [1.29, 1.82) is 0 Å². The molecule has 1 heterocycles. The molecule has 1 aromatic heterocycles. The Morgan fingerprint density at radius 3 is 1.68 bits per heavy atom. The first kappa shape index (κ1) is 36.3. The van der Waals surface area contributed by atoms with Gasteiger partial charge in [0, 0.05) is 27.8 Å². The van der Waals surface area contributed by atoms with Crippen LogP contribution < -0.4 is 10.1 Å². The summed E-state index contributed by atoms with van der Waals surface area (Å²) in [6.07, 6.45) is -3.47. The van der Waals surface area contributed by atoms with Gasteiger partial charge in [-0.2, -0.15) is 0 Å². The maximum absolute atomic E-state index is 11.8. The first-order chi connectivity index (χ1) is 22.6. The van der Waals surface area contributed by atoms with E-state index in [1.54, 1.807) is 59.9 Å². The van der Waals surface area contributed by atoms with Crippen LogP contribution in [0.15, 0.2) is 121 Å². The molecule has 5 rings (SSSR count). The molecule has 5 aromatic rings. The molecule has 2 unspecified atom stereocenters. The normalized spacial score (nSPS) is 12.2. The summed E-state index contributed by atoms with van der Waals surface area (Å²) < 4.78 is 6.34. The van der Waals surface area contributed by atoms with E-state index in [9.17, 15) is 19.2 Å². The molecule has 0 saturated heterocycles.